The highest BCUT2D eigenvalue weighted by Crippen LogP contribution is 2.37. The van der Waals surface area contributed by atoms with Crippen LogP contribution in [-0.2, 0) is 4.74 Å². The molecule has 2 aromatic carbocycles. The van der Waals surface area contributed by atoms with Gasteiger partial charge in [0.25, 0.3) is 0 Å². The van der Waals surface area contributed by atoms with Crippen molar-refractivity contribution in [1.82, 2.24) is 0 Å². The van der Waals surface area contributed by atoms with E-state index in [0.29, 0.717) is 31.9 Å². The molecule has 110 valence electrons. The zero-order valence-electron chi connectivity index (χ0n) is 10.7. The third-order valence-corrected chi connectivity index (χ3v) is 4.44. The minimum absolute atomic E-state index is 0.182. The van der Waals surface area contributed by atoms with E-state index in [2.05, 4.69) is 0 Å². The minimum atomic E-state index is 0.182. The van der Waals surface area contributed by atoms with Crippen molar-refractivity contribution in [3.05, 3.63) is 67.6 Å². The van der Waals surface area contributed by atoms with E-state index in [-0.39, 0.29) is 6.10 Å². The van der Waals surface area contributed by atoms with E-state index in [1.54, 1.807) is 24.3 Å². The van der Waals surface area contributed by atoms with Gasteiger partial charge in [0.1, 0.15) is 6.10 Å². The predicted molar refractivity (Wildman–Crippen MR) is 87.0 cm³/mol. The zero-order valence-corrected chi connectivity index (χ0v) is 13.7. The summed E-state index contributed by atoms with van der Waals surface area (Å²) >= 11 is 22.9. The van der Waals surface area contributed by atoms with Crippen LogP contribution < -0.4 is 0 Å². The molecule has 0 saturated carbocycles. The van der Waals surface area contributed by atoms with Gasteiger partial charge in [0.2, 0.25) is 0 Å². The number of hydrogen-bond donors (Lipinski definition) is 0. The maximum atomic E-state index is 10.2. The van der Waals surface area contributed by atoms with E-state index in [1.807, 2.05) is 12.1 Å². The smallest absolute Gasteiger partial charge is 0.151 e. The van der Waals surface area contributed by atoms with E-state index >= 15 is 0 Å². The lowest BCUT2D eigenvalue weighted by Crippen LogP contribution is -1.82. The SMILES string of the molecule is Clc1cccc(C2CO2)c1Cl.O=Cc1cccc(Cl)c1Cl. The average Bonchev–Trinajstić information content (AvgIpc) is 3.30. The van der Waals surface area contributed by atoms with Gasteiger partial charge in [-0.2, -0.15) is 0 Å². The molecular formula is C15H10Cl4O2. The predicted octanol–water partition coefficient (Wildman–Crippen LogP) is 5.87. The Morgan fingerprint density at radius 2 is 1.52 bits per heavy atom. The van der Waals surface area contributed by atoms with Crippen LogP contribution in [0.15, 0.2) is 36.4 Å². The number of carbonyl (C=O) groups excluding carboxylic acids is 1. The highest BCUT2D eigenvalue weighted by atomic mass is 35.5. The molecular weight excluding hydrogens is 354 g/mol. The quantitative estimate of drug-likeness (QED) is 0.493. The van der Waals surface area contributed by atoms with Crippen LogP contribution >= 0.6 is 46.4 Å². The van der Waals surface area contributed by atoms with E-state index in [4.69, 9.17) is 51.1 Å². The van der Waals surface area contributed by atoms with Gasteiger partial charge < -0.3 is 4.74 Å². The van der Waals surface area contributed by atoms with Crippen molar-refractivity contribution in [3.8, 4) is 0 Å². The number of rotatable bonds is 2. The van der Waals surface area contributed by atoms with Crippen LogP contribution in [-0.4, -0.2) is 12.9 Å². The first-order valence-electron chi connectivity index (χ1n) is 5.99. The molecule has 1 heterocycles. The van der Waals surface area contributed by atoms with Crippen molar-refractivity contribution in [3.63, 3.8) is 0 Å². The highest BCUT2D eigenvalue weighted by molar-refractivity contribution is 6.43. The van der Waals surface area contributed by atoms with Crippen LogP contribution in [0.4, 0.5) is 0 Å². The molecule has 0 bridgehead atoms. The lowest BCUT2D eigenvalue weighted by Gasteiger charge is -2.00. The first-order chi connectivity index (χ1) is 10.0. The summed E-state index contributed by atoms with van der Waals surface area (Å²) in [5.41, 5.74) is 1.42. The average molecular weight is 364 g/mol. The molecule has 1 fully saturated rings. The summed E-state index contributed by atoms with van der Waals surface area (Å²) < 4.78 is 5.09. The molecule has 1 atom stereocenters. The van der Waals surface area contributed by atoms with Crippen LogP contribution in [0.5, 0.6) is 0 Å². The van der Waals surface area contributed by atoms with Gasteiger partial charge >= 0.3 is 0 Å². The standard InChI is InChI=1S/C8H6Cl2O.C7H4Cl2O/c9-6-3-1-2-5(8(6)10)7-4-11-7;8-6-3-1-2-5(4-10)7(6)9/h1-3,7H,4H2;1-4H. The van der Waals surface area contributed by atoms with Crippen LogP contribution in [0.3, 0.4) is 0 Å². The number of hydrogen-bond acceptors (Lipinski definition) is 2. The number of aldehydes is 1. The summed E-state index contributed by atoms with van der Waals surface area (Å²) in [6.07, 6.45) is 0.856. The van der Waals surface area contributed by atoms with Gasteiger partial charge in [0, 0.05) is 11.1 Å². The Morgan fingerprint density at radius 3 is 2.05 bits per heavy atom. The van der Waals surface area contributed by atoms with Gasteiger partial charge in [-0.05, 0) is 12.1 Å². The molecule has 6 heteroatoms. The van der Waals surface area contributed by atoms with Gasteiger partial charge in [-0.15, -0.1) is 0 Å². The van der Waals surface area contributed by atoms with Crippen molar-refractivity contribution >= 4 is 52.7 Å². The molecule has 0 amide bonds. The number of carbonyl (C=O) groups is 1. The Labute approximate surface area is 142 Å². The topological polar surface area (TPSA) is 29.6 Å². The third-order valence-electron chi connectivity index (χ3n) is 2.77. The fourth-order valence-electron chi connectivity index (χ4n) is 1.61. The van der Waals surface area contributed by atoms with E-state index in [0.717, 1.165) is 12.2 Å². The summed E-state index contributed by atoms with van der Waals surface area (Å²) in [6.45, 7) is 0.764. The van der Waals surface area contributed by atoms with Crippen molar-refractivity contribution in [2.45, 2.75) is 6.10 Å². The van der Waals surface area contributed by atoms with E-state index < -0.39 is 0 Å². The minimum Gasteiger partial charge on any atom is -0.368 e. The van der Waals surface area contributed by atoms with Crippen molar-refractivity contribution < 1.29 is 9.53 Å². The van der Waals surface area contributed by atoms with Gasteiger partial charge in [0.15, 0.2) is 6.29 Å². The van der Waals surface area contributed by atoms with E-state index in [9.17, 15) is 4.79 Å². The summed E-state index contributed by atoms with van der Waals surface area (Å²) in [5.74, 6) is 0. The molecule has 0 aliphatic carbocycles. The second-order valence-electron chi connectivity index (χ2n) is 4.23. The van der Waals surface area contributed by atoms with Crippen LogP contribution in [0, 0.1) is 0 Å². The largest absolute Gasteiger partial charge is 0.368 e. The lowest BCUT2D eigenvalue weighted by atomic mass is 10.2. The Morgan fingerprint density at radius 1 is 0.952 bits per heavy atom. The molecule has 0 N–H and O–H groups in total. The molecule has 3 rings (SSSR count). The van der Waals surface area contributed by atoms with Gasteiger partial charge in [-0.3, -0.25) is 4.79 Å². The molecule has 2 nitrogen and oxygen atoms in total. The Bertz CT molecular complexity index is 654. The van der Waals surface area contributed by atoms with Gasteiger partial charge in [0.05, 0.1) is 26.7 Å². The Kier molecular flexibility index (Phi) is 5.91. The Balaban J connectivity index is 0.000000155. The molecule has 1 aliphatic heterocycles. The fraction of sp³-hybridized carbons (Fsp3) is 0.133. The van der Waals surface area contributed by atoms with Gasteiger partial charge in [-0.1, -0.05) is 70.7 Å². The molecule has 1 aliphatic rings. The van der Waals surface area contributed by atoms with Crippen LogP contribution in [0.1, 0.15) is 22.0 Å². The molecule has 21 heavy (non-hydrogen) atoms. The molecule has 1 unspecified atom stereocenters. The monoisotopic (exact) mass is 362 g/mol. The van der Waals surface area contributed by atoms with Crippen molar-refractivity contribution in [1.29, 1.82) is 0 Å². The number of benzene rings is 2. The number of ether oxygens (including phenoxy) is 1. The number of epoxide rings is 1. The van der Waals surface area contributed by atoms with Crippen LogP contribution in [0.25, 0.3) is 0 Å². The molecule has 0 aromatic heterocycles. The maximum absolute atomic E-state index is 10.2. The number of halogens is 4. The first-order valence-corrected chi connectivity index (χ1v) is 7.50. The molecule has 0 radical (unpaired) electrons. The fourth-order valence-corrected chi connectivity index (χ4v) is 2.39. The maximum Gasteiger partial charge on any atom is 0.151 e. The second kappa shape index (κ2) is 7.48. The highest BCUT2D eigenvalue weighted by Gasteiger charge is 2.27. The summed E-state index contributed by atoms with van der Waals surface area (Å²) in [7, 11) is 0. The summed E-state index contributed by atoms with van der Waals surface area (Å²) in [6, 6.07) is 10.5. The second-order valence-corrected chi connectivity index (χ2v) is 5.80. The molecule has 0 spiro atoms. The zero-order chi connectivity index (χ0) is 15.4. The summed E-state index contributed by atoms with van der Waals surface area (Å²) in [4.78, 5) is 10.2. The normalized spacial score (nSPS) is 15.9. The van der Waals surface area contributed by atoms with Crippen molar-refractivity contribution in [2.75, 3.05) is 6.61 Å². The first kappa shape index (κ1) is 16.6. The molecule has 2 aromatic rings. The summed E-state index contributed by atoms with van der Waals surface area (Å²) in [5, 5.41) is 1.95. The lowest BCUT2D eigenvalue weighted by molar-refractivity contribution is 0.112. The molecule has 1 saturated heterocycles. The van der Waals surface area contributed by atoms with Crippen molar-refractivity contribution in [2.24, 2.45) is 0 Å². The Hall–Kier alpha value is -0.770. The third kappa shape index (κ3) is 4.35. The van der Waals surface area contributed by atoms with E-state index in [1.165, 1.54) is 0 Å². The van der Waals surface area contributed by atoms with Crippen LogP contribution in [0.2, 0.25) is 20.1 Å². The van der Waals surface area contributed by atoms with Gasteiger partial charge in [-0.25, -0.2) is 0 Å².